The number of rotatable bonds is 4. The maximum absolute atomic E-state index is 11.0. The van der Waals surface area contributed by atoms with E-state index in [9.17, 15) is 9.59 Å². The largest absolute Gasteiger partial charge is 0.478 e. The molecule has 0 atom stereocenters. The first-order valence-corrected chi connectivity index (χ1v) is 5.69. The van der Waals surface area contributed by atoms with Crippen molar-refractivity contribution in [1.29, 1.82) is 0 Å². The topological polar surface area (TPSA) is 92.4 Å². The minimum Gasteiger partial charge on any atom is -0.478 e. The van der Waals surface area contributed by atoms with Crippen molar-refractivity contribution >= 4 is 11.9 Å². The Morgan fingerprint density at radius 3 is 2.42 bits per heavy atom. The normalized spacial score (nSPS) is 10.4. The highest BCUT2D eigenvalue weighted by Gasteiger charge is 2.22. The van der Waals surface area contributed by atoms with Crippen LogP contribution in [-0.2, 0) is 6.42 Å². The minimum absolute atomic E-state index is 0.321. The van der Waals surface area contributed by atoms with Crippen molar-refractivity contribution in [3.05, 3.63) is 47.3 Å². The number of carboxylic acid groups (broad SMARTS) is 2. The number of hydrogen-bond acceptors (Lipinski definition) is 3. The molecule has 0 radical (unpaired) electrons. The Morgan fingerprint density at radius 1 is 1.21 bits per heavy atom. The Hall–Kier alpha value is -2.63. The highest BCUT2D eigenvalue weighted by Crippen LogP contribution is 2.17. The Balaban J connectivity index is 2.61. The predicted molar refractivity (Wildman–Crippen MR) is 66.9 cm³/mol. The van der Waals surface area contributed by atoms with Crippen LogP contribution >= 0.6 is 0 Å². The standard InChI is InChI=1S/C13H12N2O4/c1-2-8-5-3-4-6-10(8)15-7-9(12(16)17)11(14-15)13(18)19/h3-7H,2H2,1H3,(H,16,17)(H,18,19). The molecule has 0 bridgehead atoms. The van der Waals surface area contributed by atoms with Crippen molar-refractivity contribution in [3.63, 3.8) is 0 Å². The van der Waals surface area contributed by atoms with Crippen LogP contribution in [0.2, 0.25) is 0 Å². The van der Waals surface area contributed by atoms with E-state index in [-0.39, 0.29) is 5.56 Å². The lowest BCUT2D eigenvalue weighted by molar-refractivity contribution is 0.0648. The van der Waals surface area contributed by atoms with Crippen LogP contribution in [0.3, 0.4) is 0 Å². The van der Waals surface area contributed by atoms with Crippen molar-refractivity contribution in [2.75, 3.05) is 0 Å². The fraction of sp³-hybridized carbons (Fsp3) is 0.154. The summed E-state index contributed by atoms with van der Waals surface area (Å²) < 4.78 is 1.30. The number of para-hydroxylation sites is 1. The van der Waals surface area contributed by atoms with E-state index < -0.39 is 17.6 Å². The van der Waals surface area contributed by atoms with Gasteiger partial charge in [0.15, 0.2) is 5.69 Å². The number of carboxylic acids is 2. The van der Waals surface area contributed by atoms with Gasteiger partial charge in [-0.05, 0) is 18.1 Å². The highest BCUT2D eigenvalue weighted by atomic mass is 16.4. The highest BCUT2D eigenvalue weighted by molar-refractivity contribution is 6.00. The number of aromatic carboxylic acids is 2. The molecule has 2 N–H and O–H groups in total. The van der Waals surface area contributed by atoms with E-state index in [0.29, 0.717) is 5.69 Å². The maximum atomic E-state index is 11.0. The number of hydrogen-bond donors (Lipinski definition) is 2. The molecule has 1 aromatic carbocycles. The lowest BCUT2D eigenvalue weighted by Crippen LogP contribution is -2.06. The van der Waals surface area contributed by atoms with Gasteiger partial charge < -0.3 is 10.2 Å². The van der Waals surface area contributed by atoms with Crippen LogP contribution in [0, 0.1) is 0 Å². The van der Waals surface area contributed by atoms with Gasteiger partial charge in [0.1, 0.15) is 5.56 Å². The number of nitrogens with zero attached hydrogens (tertiary/aromatic N) is 2. The monoisotopic (exact) mass is 260 g/mol. The van der Waals surface area contributed by atoms with Crippen LogP contribution in [-0.4, -0.2) is 31.9 Å². The van der Waals surface area contributed by atoms with Crippen LogP contribution in [0.15, 0.2) is 30.5 Å². The molecule has 0 aliphatic rings. The summed E-state index contributed by atoms with van der Waals surface area (Å²) in [5, 5.41) is 21.8. The van der Waals surface area contributed by atoms with Gasteiger partial charge in [0, 0.05) is 6.20 Å². The van der Waals surface area contributed by atoms with Gasteiger partial charge in [0.2, 0.25) is 0 Å². The summed E-state index contributed by atoms with van der Waals surface area (Å²) in [4.78, 5) is 22.0. The maximum Gasteiger partial charge on any atom is 0.357 e. The van der Waals surface area contributed by atoms with E-state index in [1.807, 2.05) is 19.1 Å². The zero-order valence-corrected chi connectivity index (χ0v) is 10.2. The Bertz CT molecular complexity index is 614. The van der Waals surface area contributed by atoms with Crippen molar-refractivity contribution in [2.45, 2.75) is 13.3 Å². The number of carbonyl (C=O) groups is 2. The van der Waals surface area contributed by atoms with Crippen LogP contribution < -0.4 is 0 Å². The Kier molecular flexibility index (Phi) is 3.33. The van der Waals surface area contributed by atoms with Gasteiger partial charge in [-0.25, -0.2) is 14.3 Å². The molecule has 0 amide bonds. The first-order valence-electron chi connectivity index (χ1n) is 5.69. The molecule has 0 fully saturated rings. The summed E-state index contributed by atoms with van der Waals surface area (Å²) in [6, 6.07) is 7.31. The molecule has 2 aromatic rings. The van der Waals surface area contributed by atoms with Gasteiger partial charge in [-0.2, -0.15) is 5.10 Å². The third-order valence-corrected chi connectivity index (χ3v) is 2.77. The van der Waals surface area contributed by atoms with Gasteiger partial charge in [-0.1, -0.05) is 25.1 Å². The van der Waals surface area contributed by atoms with Gasteiger partial charge in [0.25, 0.3) is 0 Å². The van der Waals surface area contributed by atoms with Crippen molar-refractivity contribution in [1.82, 2.24) is 9.78 Å². The molecular formula is C13H12N2O4. The van der Waals surface area contributed by atoms with E-state index >= 15 is 0 Å². The number of aromatic nitrogens is 2. The molecule has 6 nitrogen and oxygen atoms in total. The van der Waals surface area contributed by atoms with Crippen LogP contribution in [0.1, 0.15) is 33.3 Å². The average Bonchev–Trinajstić information content (AvgIpc) is 2.84. The van der Waals surface area contributed by atoms with E-state index in [1.54, 1.807) is 12.1 Å². The summed E-state index contributed by atoms with van der Waals surface area (Å²) >= 11 is 0. The van der Waals surface area contributed by atoms with Crippen molar-refractivity contribution < 1.29 is 19.8 Å². The molecular weight excluding hydrogens is 248 g/mol. The van der Waals surface area contributed by atoms with E-state index in [4.69, 9.17) is 10.2 Å². The Labute approximate surface area is 108 Å². The lowest BCUT2D eigenvalue weighted by atomic mass is 10.1. The second kappa shape index (κ2) is 4.93. The molecule has 19 heavy (non-hydrogen) atoms. The zero-order chi connectivity index (χ0) is 14.0. The molecule has 1 heterocycles. The Morgan fingerprint density at radius 2 is 1.89 bits per heavy atom. The van der Waals surface area contributed by atoms with Crippen LogP contribution in [0.25, 0.3) is 5.69 Å². The lowest BCUT2D eigenvalue weighted by Gasteiger charge is -2.06. The summed E-state index contributed by atoms with van der Waals surface area (Å²) in [6.07, 6.45) is 1.96. The summed E-state index contributed by atoms with van der Waals surface area (Å²) in [5.41, 5.74) is 0.857. The van der Waals surface area contributed by atoms with Gasteiger partial charge >= 0.3 is 11.9 Å². The third-order valence-electron chi connectivity index (χ3n) is 2.77. The van der Waals surface area contributed by atoms with Gasteiger partial charge in [0.05, 0.1) is 5.69 Å². The molecule has 0 saturated carbocycles. The van der Waals surface area contributed by atoms with Gasteiger partial charge in [-0.15, -0.1) is 0 Å². The van der Waals surface area contributed by atoms with E-state index in [2.05, 4.69) is 5.10 Å². The first-order chi connectivity index (χ1) is 9.04. The smallest absolute Gasteiger partial charge is 0.357 e. The van der Waals surface area contributed by atoms with Gasteiger partial charge in [-0.3, -0.25) is 0 Å². The predicted octanol–water partition coefficient (Wildman–Crippen LogP) is 1.83. The fourth-order valence-electron chi connectivity index (χ4n) is 1.85. The van der Waals surface area contributed by atoms with E-state index in [1.165, 1.54) is 10.9 Å². The third kappa shape index (κ3) is 2.33. The quantitative estimate of drug-likeness (QED) is 0.874. The minimum atomic E-state index is -1.36. The second-order valence-corrected chi connectivity index (χ2v) is 3.93. The molecule has 0 saturated heterocycles. The molecule has 0 aliphatic carbocycles. The van der Waals surface area contributed by atoms with Crippen LogP contribution in [0.4, 0.5) is 0 Å². The molecule has 1 aromatic heterocycles. The van der Waals surface area contributed by atoms with Crippen molar-refractivity contribution in [2.24, 2.45) is 0 Å². The van der Waals surface area contributed by atoms with E-state index in [0.717, 1.165) is 12.0 Å². The van der Waals surface area contributed by atoms with Crippen molar-refractivity contribution in [3.8, 4) is 5.69 Å². The number of benzene rings is 1. The molecule has 0 aliphatic heterocycles. The summed E-state index contributed by atoms with van der Waals surface area (Å²) in [7, 11) is 0. The summed E-state index contributed by atoms with van der Waals surface area (Å²) in [6.45, 7) is 1.96. The molecule has 6 heteroatoms. The second-order valence-electron chi connectivity index (χ2n) is 3.93. The molecule has 98 valence electrons. The first kappa shape index (κ1) is 12.8. The average molecular weight is 260 g/mol. The molecule has 2 rings (SSSR count). The SMILES string of the molecule is CCc1ccccc1-n1cc(C(=O)O)c(C(=O)O)n1. The summed E-state index contributed by atoms with van der Waals surface area (Å²) in [5.74, 6) is -2.66. The molecule has 0 spiro atoms. The van der Waals surface area contributed by atoms with Crippen LogP contribution in [0.5, 0.6) is 0 Å². The number of aryl methyl sites for hydroxylation is 1. The zero-order valence-electron chi connectivity index (χ0n) is 10.2. The fourth-order valence-corrected chi connectivity index (χ4v) is 1.85. The molecule has 0 unspecified atom stereocenters.